The topological polar surface area (TPSA) is 110 Å². The average molecular weight is 472 g/mol. The van der Waals surface area contributed by atoms with Gasteiger partial charge in [-0.1, -0.05) is 11.3 Å². The number of aromatic amines is 1. The molecule has 1 fully saturated rings. The lowest BCUT2D eigenvalue weighted by molar-refractivity contribution is -0.365. The Morgan fingerprint density at radius 3 is 2.59 bits per heavy atom. The van der Waals surface area contributed by atoms with Gasteiger partial charge in [-0.3, -0.25) is 0 Å². The minimum absolute atomic E-state index is 0.468. The summed E-state index contributed by atoms with van der Waals surface area (Å²) in [6.07, 6.45) is 8.79. The number of anilines is 3. The highest BCUT2D eigenvalue weighted by molar-refractivity contribution is 7.88. The summed E-state index contributed by atoms with van der Waals surface area (Å²) in [4.78, 5) is 19.0. The van der Waals surface area contributed by atoms with Crippen LogP contribution in [0.25, 0.3) is 16.2 Å². The number of rotatable bonds is 5. The summed E-state index contributed by atoms with van der Waals surface area (Å²) in [5, 5.41) is 7.14. The van der Waals surface area contributed by atoms with Crippen LogP contribution in [0.15, 0.2) is 42.3 Å². The van der Waals surface area contributed by atoms with Crippen molar-refractivity contribution < 1.29 is 13.4 Å². The first-order valence-corrected chi connectivity index (χ1v) is 12.8. The number of thiazole rings is 1. The molecular weight excluding hydrogens is 448 g/mol. The second-order valence-corrected chi connectivity index (χ2v) is 10.5. The van der Waals surface area contributed by atoms with Gasteiger partial charge in [-0.25, -0.2) is 23.4 Å². The van der Waals surface area contributed by atoms with Gasteiger partial charge in [0.1, 0.15) is 12.0 Å². The fourth-order valence-corrected chi connectivity index (χ4v) is 5.26. The molecule has 4 aromatic heterocycles. The van der Waals surface area contributed by atoms with Crippen molar-refractivity contribution in [3.8, 4) is 5.13 Å². The number of nitrogens with zero attached hydrogens (tertiary/aromatic N) is 6. The molecule has 0 amide bonds. The van der Waals surface area contributed by atoms with Crippen molar-refractivity contribution in [1.29, 1.82) is 0 Å². The molecule has 0 aliphatic carbocycles. The molecule has 0 saturated carbocycles. The number of nitrogens with one attached hydrogen (secondary N) is 2. The molecule has 5 rings (SSSR count). The zero-order valence-corrected chi connectivity index (χ0v) is 19.3. The van der Waals surface area contributed by atoms with Gasteiger partial charge in [-0.2, -0.15) is 13.9 Å². The van der Waals surface area contributed by atoms with Crippen molar-refractivity contribution in [2.45, 2.75) is 6.92 Å². The van der Waals surface area contributed by atoms with Crippen LogP contribution in [0.5, 0.6) is 0 Å². The van der Waals surface area contributed by atoms with Crippen LogP contribution >= 0.6 is 11.3 Å². The van der Waals surface area contributed by atoms with Crippen LogP contribution in [0.4, 0.5) is 17.5 Å². The number of aryl methyl sites for hydroxylation is 1. The molecule has 0 atom stereocenters. The first kappa shape index (κ1) is 20.8. The van der Waals surface area contributed by atoms with E-state index in [1.807, 2.05) is 47.6 Å². The van der Waals surface area contributed by atoms with E-state index in [0.29, 0.717) is 37.9 Å². The van der Waals surface area contributed by atoms with Gasteiger partial charge < -0.3 is 10.2 Å². The molecule has 166 valence electrons. The molecular formula is C20H23N8O2S2+. The maximum absolute atomic E-state index is 11.7. The molecule has 4 aromatic rings. The zero-order valence-electron chi connectivity index (χ0n) is 17.7. The molecule has 2 N–H and O–H groups in total. The maximum atomic E-state index is 11.7. The van der Waals surface area contributed by atoms with E-state index in [4.69, 9.17) is 4.98 Å². The fraction of sp³-hybridized carbons (Fsp3) is 0.300. The first-order valence-electron chi connectivity index (χ1n) is 10.1. The van der Waals surface area contributed by atoms with E-state index in [1.165, 1.54) is 10.6 Å². The largest absolute Gasteiger partial charge is 0.368 e. The number of sulfonamides is 1. The van der Waals surface area contributed by atoms with Crippen LogP contribution in [0, 0.1) is 6.92 Å². The van der Waals surface area contributed by atoms with Gasteiger partial charge in [0.2, 0.25) is 21.6 Å². The van der Waals surface area contributed by atoms with Gasteiger partial charge in [0.15, 0.2) is 0 Å². The molecule has 10 nitrogen and oxygen atoms in total. The van der Waals surface area contributed by atoms with Crippen LogP contribution in [-0.2, 0) is 10.0 Å². The Bertz CT molecular complexity index is 1340. The highest BCUT2D eigenvalue weighted by Gasteiger charge is 2.23. The third-order valence-corrected chi connectivity index (χ3v) is 7.59. The fourth-order valence-electron chi connectivity index (χ4n) is 3.78. The molecule has 0 spiro atoms. The number of fused-ring (bicyclic) bond motifs is 1. The molecule has 0 bridgehead atoms. The Labute approximate surface area is 189 Å². The summed E-state index contributed by atoms with van der Waals surface area (Å²) >= 11 is 1.60. The minimum atomic E-state index is -3.14. The van der Waals surface area contributed by atoms with E-state index in [9.17, 15) is 8.42 Å². The summed E-state index contributed by atoms with van der Waals surface area (Å²) < 4.78 is 26.9. The van der Waals surface area contributed by atoms with Crippen molar-refractivity contribution in [2.24, 2.45) is 0 Å². The molecule has 12 heteroatoms. The predicted molar refractivity (Wildman–Crippen MR) is 124 cm³/mol. The number of pyridine rings is 1. The second kappa shape index (κ2) is 8.11. The van der Waals surface area contributed by atoms with Crippen LogP contribution in [0.2, 0.25) is 0 Å². The lowest BCUT2D eigenvalue weighted by atomic mass is 10.3. The maximum Gasteiger partial charge on any atom is 0.344 e. The van der Waals surface area contributed by atoms with E-state index in [0.717, 1.165) is 27.4 Å². The highest BCUT2D eigenvalue weighted by atomic mass is 32.2. The summed E-state index contributed by atoms with van der Waals surface area (Å²) in [5.41, 5.74) is 2.88. The Kier molecular flexibility index (Phi) is 5.27. The lowest BCUT2D eigenvalue weighted by Crippen LogP contribution is -2.48. The Hall–Kier alpha value is -3.09. The van der Waals surface area contributed by atoms with Gasteiger partial charge in [0.05, 0.1) is 29.7 Å². The monoisotopic (exact) mass is 471 g/mol. The predicted octanol–water partition coefficient (Wildman–Crippen LogP) is 1.82. The van der Waals surface area contributed by atoms with Crippen LogP contribution in [0.1, 0.15) is 5.56 Å². The molecule has 32 heavy (non-hydrogen) atoms. The second-order valence-electron chi connectivity index (χ2n) is 7.66. The van der Waals surface area contributed by atoms with Gasteiger partial charge in [0.25, 0.3) is 0 Å². The smallest absolute Gasteiger partial charge is 0.344 e. The number of hydrogen-bond acceptors (Lipinski definition) is 8. The lowest BCUT2D eigenvalue weighted by Gasteiger charge is -2.34. The minimum Gasteiger partial charge on any atom is -0.368 e. The van der Waals surface area contributed by atoms with Gasteiger partial charge in [-0.05, 0) is 19.1 Å². The number of H-pyrrole nitrogens is 1. The molecule has 0 aromatic carbocycles. The first-order chi connectivity index (χ1) is 15.4. The third-order valence-electron chi connectivity index (χ3n) is 5.48. The summed E-state index contributed by atoms with van der Waals surface area (Å²) in [5.74, 6) is 1.11. The van der Waals surface area contributed by atoms with E-state index < -0.39 is 10.0 Å². The van der Waals surface area contributed by atoms with Crippen molar-refractivity contribution in [3.63, 3.8) is 0 Å². The van der Waals surface area contributed by atoms with Crippen LogP contribution < -0.4 is 15.2 Å². The van der Waals surface area contributed by atoms with Crippen LogP contribution in [-0.4, -0.2) is 64.7 Å². The van der Waals surface area contributed by atoms with Crippen LogP contribution in [0.3, 0.4) is 0 Å². The van der Waals surface area contributed by atoms with Crippen molar-refractivity contribution in [2.75, 3.05) is 42.7 Å². The highest BCUT2D eigenvalue weighted by Crippen LogP contribution is 2.24. The number of piperazine rings is 1. The zero-order chi connectivity index (χ0) is 22.3. The molecule has 1 aliphatic heterocycles. The SMILES string of the molecule is Cc1cn(-c2[nH+]ccs2)c2nc(Nc3ccc(N4CCN(S(C)(=O)=O)CC4)cn3)ncc12. The van der Waals surface area contributed by atoms with Gasteiger partial charge in [-0.15, -0.1) is 0 Å². The van der Waals surface area contributed by atoms with E-state index in [1.54, 1.807) is 17.5 Å². The normalized spacial score (nSPS) is 15.4. The number of aromatic nitrogens is 5. The van der Waals surface area contributed by atoms with E-state index in [-0.39, 0.29) is 0 Å². The summed E-state index contributed by atoms with van der Waals surface area (Å²) in [6.45, 7) is 4.27. The third kappa shape index (κ3) is 4.04. The molecule has 5 heterocycles. The summed E-state index contributed by atoms with van der Waals surface area (Å²) in [7, 11) is -3.14. The molecule has 0 radical (unpaired) electrons. The van der Waals surface area contributed by atoms with Gasteiger partial charge in [0, 0.05) is 43.3 Å². The Morgan fingerprint density at radius 1 is 1.12 bits per heavy atom. The van der Waals surface area contributed by atoms with Gasteiger partial charge >= 0.3 is 5.13 Å². The van der Waals surface area contributed by atoms with Crippen molar-refractivity contribution in [1.82, 2.24) is 23.8 Å². The quantitative estimate of drug-likeness (QED) is 0.473. The standard InChI is InChI=1S/C20H22N8O2S2/c1-14-13-28(20-21-5-10-31-20)18-16(14)12-23-19(25-18)24-17-4-3-15(11-22-17)26-6-8-27(9-7-26)32(2,29)30/h3-5,10-13H,6-9H2,1-2H3,(H,22,23,24,25)/p+1. The van der Waals surface area contributed by atoms with E-state index in [2.05, 4.69) is 25.2 Å². The molecule has 1 aliphatic rings. The molecule has 1 saturated heterocycles. The number of hydrogen-bond donors (Lipinski definition) is 1. The van der Waals surface area contributed by atoms with Crippen molar-refractivity contribution >= 4 is 49.8 Å². The Balaban J connectivity index is 1.32. The summed E-state index contributed by atoms with van der Waals surface area (Å²) in [6, 6.07) is 3.85. The van der Waals surface area contributed by atoms with Crippen molar-refractivity contribution in [3.05, 3.63) is 47.9 Å². The molecule has 0 unspecified atom stereocenters. The van der Waals surface area contributed by atoms with E-state index >= 15 is 0 Å². The average Bonchev–Trinajstić information content (AvgIpc) is 3.42. The Morgan fingerprint density at radius 2 is 1.94 bits per heavy atom.